The van der Waals surface area contributed by atoms with Crippen LogP contribution >= 0.6 is 22.7 Å². The zero-order chi connectivity index (χ0) is 21.9. The van der Waals surface area contributed by atoms with Crippen molar-refractivity contribution in [3.05, 3.63) is 44.3 Å². The van der Waals surface area contributed by atoms with Crippen LogP contribution in [0.4, 0.5) is 4.79 Å². The lowest BCUT2D eigenvalue weighted by Crippen LogP contribution is -2.38. The summed E-state index contributed by atoms with van der Waals surface area (Å²) in [5.41, 5.74) is 1.08. The molecule has 3 aromatic heterocycles. The van der Waals surface area contributed by atoms with E-state index in [9.17, 15) is 15.3 Å². The Morgan fingerprint density at radius 1 is 1.30 bits per heavy atom. The summed E-state index contributed by atoms with van der Waals surface area (Å²) in [6, 6.07) is 7.94. The quantitative estimate of drug-likeness (QED) is 0.624. The van der Waals surface area contributed by atoms with Crippen molar-refractivity contribution < 1.29 is 9.53 Å². The van der Waals surface area contributed by atoms with Crippen molar-refractivity contribution in [1.82, 2.24) is 15.3 Å². The number of thiophene rings is 2. The Morgan fingerprint density at radius 2 is 2.07 bits per heavy atom. The minimum Gasteiger partial charge on any atom is -0.444 e. The zero-order valence-corrected chi connectivity index (χ0v) is 18.8. The van der Waals surface area contributed by atoms with Crippen LogP contribution in [0.2, 0.25) is 0 Å². The van der Waals surface area contributed by atoms with Crippen LogP contribution < -0.4 is 5.32 Å². The lowest BCUT2D eigenvalue weighted by atomic mass is 10.1. The second-order valence-electron chi connectivity index (χ2n) is 7.80. The number of hydrogen-bond donors (Lipinski definition) is 1. The number of rotatable bonds is 5. The van der Waals surface area contributed by atoms with Crippen LogP contribution in [-0.2, 0) is 17.6 Å². The first-order valence-electron chi connectivity index (χ1n) is 9.34. The highest BCUT2D eigenvalue weighted by molar-refractivity contribution is 7.19. The molecule has 0 radical (unpaired) electrons. The molecule has 0 aromatic carbocycles. The van der Waals surface area contributed by atoms with E-state index in [1.165, 1.54) is 11.3 Å². The van der Waals surface area contributed by atoms with Crippen LogP contribution in [0.5, 0.6) is 0 Å². The number of carbonyl (C=O) groups is 1. The highest BCUT2D eigenvalue weighted by atomic mass is 32.1. The van der Waals surface area contributed by atoms with Gasteiger partial charge >= 0.3 is 6.09 Å². The third-order valence-corrected chi connectivity index (χ3v) is 6.19. The Bertz CT molecular complexity index is 1150. The maximum absolute atomic E-state index is 12.0. The van der Waals surface area contributed by atoms with E-state index in [4.69, 9.17) is 4.74 Å². The lowest BCUT2D eigenvalue weighted by Gasteiger charge is -2.21. The average Bonchev–Trinajstić information content (AvgIpc) is 3.26. The topological polar surface area (TPSA) is 112 Å². The van der Waals surface area contributed by atoms with Gasteiger partial charge in [-0.05, 0) is 39.1 Å². The normalized spacial score (nSPS) is 12.2. The smallest absolute Gasteiger partial charge is 0.407 e. The summed E-state index contributed by atoms with van der Waals surface area (Å²) < 4.78 is 6.10. The van der Waals surface area contributed by atoms with E-state index in [1.807, 2.05) is 30.5 Å². The Morgan fingerprint density at radius 3 is 2.67 bits per heavy atom. The number of alkyl carbamates (subject to hydrolysis) is 1. The molecule has 0 fully saturated rings. The minimum absolute atomic E-state index is 0.0508. The first-order valence-corrected chi connectivity index (χ1v) is 11.0. The first-order chi connectivity index (χ1) is 14.2. The van der Waals surface area contributed by atoms with Crippen molar-refractivity contribution in [2.24, 2.45) is 0 Å². The summed E-state index contributed by atoms with van der Waals surface area (Å²) >= 11 is 3.05. The third-order valence-electron chi connectivity index (χ3n) is 4.06. The van der Waals surface area contributed by atoms with Gasteiger partial charge < -0.3 is 10.1 Å². The summed E-state index contributed by atoms with van der Waals surface area (Å²) in [5, 5.41) is 23.9. The monoisotopic (exact) mass is 439 g/mol. The molecule has 7 nitrogen and oxygen atoms in total. The molecule has 0 aliphatic carbocycles. The molecule has 0 saturated carbocycles. The van der Waals surface area contributed by atoms with E-state index in [0.29, 0.717) is 23.9 Å². The van der Waals surface area contributed by atoms with Crippen molar-refractivity contribution in [2.75, 3.05) is 0 Å². The number of aromatic nitrogens is 2. The predicted molar refractivity (Wildman–Crippen MR) is 117 cm³/mol. The van der Waals surface area contributed by atoms with Gasteiger partial charge in [-0.3, -0.25) is 0 Å². The van der Waals surface area contributed by atoms with Crippen molar-refractivity contribution in [3.8, 4) is 12.1 Å². The van der Waals surface area contributed by atoms with Gasteiger partial charge in [0.05, 0.1) is 16.0 Å². The highest BCUT2D eigenvalue weighted by Gasteiger charge is 2.22. The molecule has 3 heterocycles. The van der Waals surface area contributed by atoms with Gasteiger partial charge in [-0.1, -0.05) is 6.07 Å². The summed E-state index contributed by atoms with van der Waals surface area (Å²) in [6.45, 7) is 7.27. The van der Waals surface area contributed by atoms with Gasteiger partial charge in [0.25, 0.3) is 0 Å². The number of nitrogens with zero attached hydrogens (tertiary/aromatic N) is 4. The van der Waals surface area contributed by atoms with E-state index in [-0.39, 0.29) is 11.9 Å². The van der Waals surface area contributed by atoms with Gasteiger partial charge in [-0.15, -0.1) is 22.7 Å². The summed E-state index contributed by atoms with van der Waals surface area (Å²) in [5.74, 6) is 0.0508. The largest absolute Gasteiger partial charge is 0.444 e. The van der Waals surface area contributed by atoms with E-state index < -0.39 is 11.7 Å². The molecular weight excluding hydrogens is 418 g/mol. The van der Waals surface area contributed by atoms with Crippen LogP contribution in [0.25, 0.3) is 10.2 Å². The molecule has 154 valence electrons. The standard InChI is InChI=1S/C21H21N5O2S2/c1-12(24-20(27)28-21(2,3)4)8-16-14(10-22)18-19(30-16)15(25-17(11-23)26-18)9-13-6-5-7-29-13/h5-7,12H,8-9H2,1-4H3,(H,24,27)/t12-/m0/s1. The second kappa shape index (κ2) is 8.78. The van der Waals surface area contributed by atoms with Gasteiger partial charge in [0.2, 0.25) is 5.82 Å². The van der Waals surface area contributed by atoms with Crippen LogP contribution in [0, 0.1) is 22.7 Å². The fraction of sp³-hybridized carbons (Fsp3) is 0.381. The van der Waals surface area contributed by atoms with Crippen LogP contribution in [0.15, 0.2) is 17.5 Å². The van der Waals surface area contributed by atoms with Gasteiger partial charge in [-0.25, -0.2) is 14.8 Å². The fourth-order valence-electron chi connectivity index (χ4n) is 2.92. The van der Waals surface area contributed by atoms with Crippen molar-refractivity contribution in [3.63, 3.8) is 0 Å². The van der Waals surface area contributed by atoms with Gasteiger partial charge in [-0.2, -0.15) is 10.5 Å². The molecule has 0 saturated heterocycles. The molecule has 9 heteroatoms. The number of ether oxygens (including phenoxy) is 1. The van der Waals surface area contributed by atoms with E-state index in [0.717, 1.165) is 20.1 Å². The predicted octanol–water partition coefficient (Wildman–Crippen LogP) is 4.54. The number of nitrogens with one attached hydrogen (secondary N) is 1. The van der Waals surface area contributed by atoms with Crippen molar-refractivity contribution in [2.45, 2.75) is 52.2 Å². The summed E-state index contributed by atoms with van der Waals surface area (Å²) in [6.07, 6.45) is 0.519. The summed E-state index contributed by atoms with van der Waals surface area (Å²) in [4.78, 5) is 22.7. The molecule has 0 unspecified atom stereocenters. The Balaban J connectivity index is 1.93. The Hall–Kier alpha value is -3.01. The molecule has 3 aromatic rings. The molecule has 0 aliphatic heterocycles. The van der Waals surface area contributed by atoms with E-state index >= 15 is 0 Å². The lowest BCUT2D eigenvalue weighted by molar-refractivity contribution is 0.0508. The zero-order valence-electron chi connectivity index (χ0n) is 17.1. The first kappa shape index (κ1) is 21.7. The molecule has 0 bridgehead atoms. The number of fused-ring (bicyclic) bond motifs is 1. The molecule has 0 spiro atoms. The Kier molecular flexibility index (Phi) is 6.35. The number of hydrogen-bond acceptors (Lipinski definition) is 8. The molecule has 1 amide bonds. The number of amides is 1. The third kappa shape index (κ3) is 5.12. The SMILES string of the molecule is C[C@@H](Cc1sc2c(Cc3cccs3)nc(C#N)nc2c1C#N)NC(=O)OC(C)(C)C. The van der Waals surface area contributed by atoms with Gasteiger partial charge in [0, 0.05) is 28.6 Å². The van der Waals surface area contributed by atoms with Gasteiger partial charge in [0.15, 0.2) is 0 Å². The molecule has 1 N–H and O–H groups in total. The molecular formula is C21H21N5O2S2. The highest BCUT2D eigenvalue weighted by Crippen LogP contribution is 2.34. The van der Waals surface area contributed by atoms with Crippen molar-refractivity contribution >= 4 is 39.0 Å². The molecule has 1 atom stereocenters. The Labute approximate surface area is 183 Å². The van der Waals surface area contributed by atoms with E-state index in [1.54, 1.807) is 32.1 Å². The maximum atomic E-state index is 12.0. The van der Waals surface area contributed by atoms with Crippen LogP contribution in [-0.4, -0.2) is 27.7 Å². The van der Waals surface area contributed by atoms with Crippen molar-refractivity contribution in [1.29, 1.82) is 10.5 Å². The van der Waals surface area contributed by atoms with Gasteiger partial charge in [0.1, 0.15) is 23.3 Å². The number of carbonyl (C=O) groups excluding carboxylic acids is 1. The maximum Gasteiger partial charge on any atom is 0.407 e. The second-order valence-corrected chi connectivity index (χ2v) is 9.94. The minimum atomic E-state index is -0.584. The average molecular weight is 440 g/mol. The molecule has 30 heavy (non-hydrogen) atoms. The summed E-state index contributed by atoms with van der Waals surface area (Å²) in [7, 11) is 0. The molecule has 0 aliphatic rings. The van der Waals surface area contributed by atoms with Crippen LogP contribution in [0.3, 0.4) is 0 Å². The fourth-order valence-corrected chi connectivity index (χ4v) is 4.94. The number of nitriles is 2. The molecule has 3 rings (SSSR count). The van der Waals surface area contributed by atoms with Crippen LogP contribution in [0.1, 0.15) is 54.5 Å². The van der Waals surface area contributed by atoms with E-state index in [2.05, 4.69) is 21.4 Å².